The summed E-state index contributed by atoms with van der Waals surface area (Å²) in [6.07, 6.45) is 0. The molecule has 1 rings (SSSR count). The van der Waals surface area contributed by atoms with Crippen LogP contribution in [0.3, 0.4) is 0 Å². The monoisotopic (exact) mass is 236 g/mol. The fraction of sp³-hybridized carbons (Fsp3) is 0. The van der Waals surface area contributed by atoms with Crippen LogP contribution in [0.2, 0.25) is 15.1 Å². The molecule has 0 saturated carbocycles. The van der Waals surface area contributed by atoms with E-state index in [-0.39, 0.29) is 17.1 Å². The number of halogens is 3. The van der Waals surface area contributed by atoms with Crippen molar-refractivity contribution in [2.45, 2.75) is 0 Å². The minimum atomic E-state index is 0. The van der Waals surface area contributed by atoms with Gasteiger partial charge in [-0.15, -0.1) is 0 Å². The number of rotatable bonds is 0. The summed E-state index contributed by atoms with van der Waals surface area (Å²) >= 11 is 16.8. The van der Waals surface area contributed by atoms with Crippen LogP contribution < -0.4 is 0 Å². The summed E-state index contributed by atoms with van der Waals surface area (Å²) in [5.41, 5.74) is 0. The third kappa shape index (κ3) is 2.34. The summed E-state index contributed by atoms with van der Waals surface area (Å²) in [6, 6.07) is 5.13. The van der Waals surface area contributed by atoms with Crippen LogP contribution in [0, 0.1) is 0 Å². The van der Waals surface area contributed by atoms with E-state index >= 15 is 0 Å². The SMILES string of the molecule is Clc1cccc(Cl)c1Cl.[Fe]. The van der Waals surface area contributed by atoms with Crippen molar-refractivity contribution in [3.63, 3.8) is 0 Å². The maximum absolute atomic E-state index is 5.61. The molecule has 0 N–H and O–H groups in total. The van der Waals surface area contributed by atoms with Gasteiger partial charge in [0.1, 0.15) is 0 Å². The quantitative estimate of drug-likeness (QED) is 0.477. The molecule has 0 spiro atoms. The van der Waals surface area contributed by atoms with Gasteiger partial charge in [0.15, 0.2) is 0 Å². The second-order valence-corrected chi connectivity index (χ2v) is 2.73. The molecule has 0 bridgehead atoms. The maximum Gasteiger partial charge on any atom is 0.0778 e. The Morgan fingerprint density at radius 1 is 0.900 bits per heavy atom. The molecule has 1 aromatic rings. The second kappa shape index (κ2) is 4.48. The molecule has 0 unspecified atom stereocenters. The smallest absolute Gasteiger partial charge is 0.0778 e. The van der Waals surface area contributed by atoms with Gasteiger partial charge < -0.3 is 0 Å². The molecular formula is C6H3Cl3Fe. The summed E-state index contributed by atoms with van der Waals surface area (Å²) < 4.78 is 0. The van der Waals surface area contributed by atoms with E-state index in [1.54, 1.807) is 18.2 Å². The minimum absolute atomic E-state index is 0. The van der Waals surface area contributed by atoms with Crippen molar-refractivity contribution in [1.29, 1.82) is 0 Å². The van der Waals surface area contributed by atoms with Crippen molar-refractivity contribution >= 4 is 34.8 Å². The number of hydrogen-bond acceptors (Lipinski definition) is 0. The molecule has 0 saturated heterocycles. The first kappa shape index (κ1) is 10.6. The molecule has 0 radical (unpaired) electrons. The first-order chi connectivity index (χ1) is 4.22. The summed E-state index contributed by atoms with van der Waals surface area (Å²) in [7, 11) is 0. The first-order valence-electron chi connectivity index (χ1n) is 2.31. The van der Waals surface area contributed by atoms with Gasteiger partial charge in [0.05, 0.1) is 15.1 Å². The van der Waals surface area contributed by atoms with E-state index in [1.165, 1.54) is 0 Å². The standard InChI is InChI=1S/C6H3Cl3.Fe/c7-4-2-1-3-5(8)6(4)9;/h1-3H;. The van der Waals surface area contributed by atoms with Gasteiger partial charge in [-0.3, -0.25) is 0 Å². The van der Waals surface area contributed by atoms with Crippen LogP contribution in [0.1, 0.15) is 0 Å². The van der Waals surface area contributed by atoms with E-state index in [0.29, 0.717) is 15.1 Å². The van der Waals surface area contributed by atoms with Crippen molar-refractivity contribution in [3.8, 4) is 0 Å². The van der Waals surface area contributed by atoms with E-state index in [1.807, 2.05) is 0 Å². The van der Waals surface area contributed by atoms with E-state index in [4.69, 9.17) is 34.8 Å². The van der Waals surface area contributed by atoms with Crippen molar-refractivity contribution < 1.29 is 17.1 Å². The van der Waals surface area contributed by atoms with Crippen LogP contribution in [0.25, 0.3) is 0 Å². The van der Waals surface area contributed by atoms with E-state index in [2.05, 4.69) is 0 Å². The molecule has 4 heteroatoms. The zero-order chi connectivity index (χ0) is 6.85. The Kier molecular flexibility index (Phi) is 4.75. The average Bonchev–Trinajstić information content (AvgIpc) is 1.83. The zero-order valence-electron chi connectivity index (χ0n) is 4.72. The van der Waals surface area contributed by atoms with Gasteiger partial charge in [-0.2, -0.15) is 0 Å². The molecule has 0 aliphatic rings. The molecule has 1 aromatic carbocycles. The Labute approximate surface area is 84.9 Å². The second-order valence-electron chi connectivity index (χ2n) is 1.54. The van der Waals surface area contributed by atoms with Gasteiger partial charge in [0.25, 0.3) is 0 Å². The topological polar surface area (TPSA) is 0 Å². The van der Waals surface area contributed by atoms with Crippen LogP contribution in [-0.2, 0) is 17.1 Å². The van der Waals surface area contributed by atoms with E-state index < -0.39 is 0 Å². The molecule has 0 amide bonds. The summed E-state index contributed by atoms with van der Waals surface area (Å²) in [5.74, 6) is 0. The molecule has 0 aliphatic heterocycles. The Balaban J connectivity index is 0.000000810. The number of benzene rings is 1. The largest absolute Gasteiger partial charge is 0.0827 e. The molecule has 0 aliphatic carbocycles. The molecule has 0 atom stereocenters. The van der Waals surface area contributed by atoms with E-state index in [9.17, 15) is 0 Å². The zero-order valence-corrected chi connectivity index (χ0v) is 8.09. The molecule has 0 heterocycles. The number of hydrogen-bond donors (Lipinski definition) is 0. The molecule has 56 valence electrons. The Bertz CT molecular complexity index is 204. The van der Waals surface area contributed by atoms with Crippen LogP contribution in [0.5, 0.6) is 0 Å². The third-order valence-corrected chi connectivity index (χ3v) is 2.14. The van der Waals surface area contributed by atoms with Crippen LogP contribution >= 0.6 is 34.8 Å². The van der Waals surface area contributed by atoms with Crippen LogP contribution in [0.4, 0.5) is 0 Å². The van der Waals surface area contributed by atoms with Crippen molar-refractivity contribution in [1.82, 2.24) is 0 Å². The minimum Gasteiger partial charge on any atom is -0.0827 e. The molecule has 10 heavy (non-hydrogen) atoms. The maximum atomic E-state index is 5.61. The third-order valence-electron chi connectivity index (χ3n) is 0.904. The fourth-order valence-corrected chi connectivity index (χ4v) is 1.00. The predicted molar refractivity (Wildman–Crippen MR) is 41.5 cm³/mol. The van der Waals surface area contributed by atoms with E-state index in [0.717, 1.165) is 0 Å². The fourth-order valence-electron chi connectivity index (χ4n) is 0.477. The van der Waals surface area contributed by atoms with Crippen LogP contribution in [-0.4, -0.2) is 0 Å². The van der Waals surface area contributed by atoms with Gasteiger partial charge >= 0.3 is 0 Å². The average molecular weight is 237 g/mol. The first-order valence-corrected chi connectivity index (χ1v) is 3.44. The van der Waals surface area contributed by atoms with Gasteiger partial charge in [-0.25, -0.2) is 0 Å². The summed E-state index contributed by atoms with van der Waals surface area (Å²) in [6.45, 7) is 0. The Morgan fingerprint density at radius 2 is 1.30 bits per heavy atom. The van der Waals surface area contributed by atoms with Gasteiger partial charge in [-0.05, 0) is 12.1 Å². The molecule has 0 aromatic heterocycles. The van der Waals surface area contributed by atoms with Gasteiger partial charge in [0.2, 0.25) is 0 Å². The van der Waals surface area contributed by atoms with Crippen LogP contribution in [0.15, 0.2) is 18.2 Å². The van der Waals surface area contributed by atoms with Gasteiger partial charge in [0, 0.05) is 17.1 Å². The molecule has 0 fully saturated rings. The normalized spacial score (nSPS) is 8.70. The Morgan fingerprint density at radius 3 is 1.60 bits per heavy atom. The summed E-state index contributed by atoms with van der Waals surface area (Å²) in [4.78, 5) is 0. The summed E-state index contributed by atoms with van der Waals surface area (Å²) in [5, 5.41) is 1.40. The van der Waals surface area contributed by atoms with Gasteiger partial charge in [-0.1, -0.05) is 40.9 Å². The van der Waals surface area contributed by atoms with Crippen molar-refractivity contribution in [2.24, 2.45) is 0 Å². The van der Waals surface area contributed by atoms with Crippen molar-refractivity contribution in [2.75, 3.05) is 0 Å². The predicted octanol–water partition coefficient (Wildman–Crippen LogP) is 3.64. The van der Waals surface area contributed by atoms with Crippen molar-refractivity contribution in [3.05, 3.63) is 33.3 Å². The molecular weight excluding hydrogens is 234 g/mol. The Hall–Kier alpha value is 0.609. The molecule has 0 nitrogen and oxygen atoms in total.